The number of hydrogen-bond acceptors (Lipinski definition) is 2. The van der Waals surface area contributed by atoms with Gasteiger partial charge in [-0.25, -0.2) is 4.39 Å². The Morgan fingerprint density at radius 3 is 2.79 bits per heavy atom. The van der Waals surface area contributed by atoms with E-state index in [1.54, 1.807) is 7.11 Å². The molecule has 0 aromatic heterocycles. The molecular formula is C16H24FNO. The van der Waals surface area contributed by atoms with Gasteiger partial charge in [-0.15, -0.1) is 0 Å². The van der Waals surface area contributed by atoms with Crippen LogP contribution in [0.2, 0.25) is 0 Å². The Balaban J connectivity index is 2.01. The number of hydrogen-bond donors (Lipinski definition) is 1. The molecule has 3 heteroatoms. The summed E-state index contributed by atoms with van der Waals surface area (Å²) in [6.07, 6.45) is 4.99. The molecule has 0 aliphatic heterocycles. The molecule has 1 N–H and O–H groups in total. The van der Waals surface area contributed by atoms with E-state index in [2.05, 4.69) is 12.2 Å². The van der Waals surface area contributed by atoms with E-state index in [1.807, 2.05) is 19.1 Å². The van der Waals surface area contributed by atoms with Crippen molar-refractivity contribution < 1.29 is 9.13 Å². The summed E-state index contributed by atoms with van der Waals surface area (Å²) in [5.74, 6) is 1.15. The van der Waals surface area contributed by atoms with Crippen LogP contribution in [0.5, 0.6) is 5.75 Å². The smallest absolute Gasteiger partial charge is 0.131 e. The Bertz CT molecular complexity index is 421. The van der Waals surface area contributed by atoms with Crippen molar-refractivity contribution in [2.24, 2.45) is 5.92 Å². The van der Waals surface area contributed by atoms with E-state index >= 15 is 0 Å². The molecule has 1 fully saturated rings. The molecule has 1 aromatic rings. The zero-order chi connectivity index (χ0) is 13.8. The van der Waals surface area contributed by atoms with Gasteiger partial charge in [0.1, 0.15) is 11.6 Å². The lowest BCUT2D eigenvalue weighted by atomic mass is 9.86. The minimum atomic E-state index is -0.191. The van der Waals surface area contributed by atoms with E-state index in [0.29, 0.717) is 11.8 Å². The summed E-state index contributed by atoms with van der Waals surface area (Å²) in [5.41, 5.74) is 0.721. The van der Waals surface area contributed by atoms with Crippen LogP contribution in [0.1, 0.15) is 51.1 Å². The quantitative estimate of drug-likeness (QED) is 0.886. The first-order valence-electron chi connectivity index (χ1n) is 7.19. The lowest BCUT2D eigenvalue weighted by Crippen LogP contribution is -2.35. The Labute approximate surface area is 115 Å². The highest BCUT2D eigenvalue weighted by atomic mass is 19.1. The predicted molar refractivity (Wildman–Crippen MR) is 75.9 cm³/mol. The molecule has 19 heavy (non-hydrogen) atoms. The van der Waals surface area contributed by atoms with E-state index in [1.165, 1.54) is 31.7 Å². The summed E-state index contributed by atoms with van der Waals surface area (Å²) in [5, 5.41) is 3.56. The number of rotatable bonds is 4. The molecule has 2 nitrogen and oxygen atoms in total. The predicted octanol–water partition coefficient (Wildman–Crippen LogP) is 4.06. The van der Waals surface area contributed by atoms with Gasteiger partial charge in [0.2, 0.25) is 0 Å². The average Bonchev–Trinajstić information content (AvgIpc) is 2.38. The Morgan fingerprint density at radius 1 is 1.37 bits per heavy atom. The number of nitrogens with one attached hydrogen (secondary N) is 1. The fourth-order valence-electron chi connectivity index (χ4n) is 3.01. The highest BCUT2D eigenvalue weighted by Gasteiger charge is 2.21. The molecule has 0 amide bonds. The topological polar surface area (TPSA) is 21.3 Å². The van der Waals surface area contributed by atoms with Crippen LogP contribution in [-0.2, 0) is 0 Å². The van der Waals surface area contributed by atoms with Gasteiger partial charge >= 0.3 is 0 Å². The van der Waals surface area contributed by atoms with Gasteiger partial charge in [-0.1, -0.05) is 25.8 Å². The van der Waals surface area contributed by atoms with Crippen LogP contribution in [0.4, 0.5) is 4.39 Å². The maximum atomic E-state index is 14.0. The largest absolute Gasteiger partial charge is 0.497 e. The maximum absolute atomic E-state index is 14.0. The van der Waals surface area contributed by atoms with Crippen LogP contribution in [0.25, 0.3) is 0 Å². The van der Waals surface area contributed by atoms with Crippen molar-refractivity contribution in [1.82, 2.24) is 5.32 Å². The first-order valence-corrected chi connectivity index (χ1v) is 7.19. The molecule has 0 heterocycles. The molecular weight excluding hydrogens is 241 g/mol. The van der Waals surface area contributed by atoms with Gasteiger partial charge in [0.25, 0.3) is 0 Å². The molecule has 0 saturated heterocycles. The molecule has 0 bridgehead atoms. The van der Waals surface area contributed by atoms with Gasteiger partial charge in [0.15, 0.2) is 0 Å². The fourth-order valence-corrected chi connectivity index (χ4v) is 3.01. The number of halogens is 1. The molecule has 0 radical (unpaired) electrons. The van der Waals surface area contributed by atoms with Gasteiger partial charge in [-0.05, 0) is 31.7 Å². The van der Waals surface area contributed by atoms with Crippen molar-refractivity contribution in [1.29, 1.82) is 0 Å². The van der Waals surface area contributed by atoms with Crippen molar-refractivity contribution in [2.75, 3.05) is 7.11 Å². The van der Waals surface area contributed by atoms with Crippen molar-refractivity contribution in [3.8, 4) is 5.75 Å². The van der Waals surface area contributed by atoms with Crippen molar-refractivity contribution in [2.45, 2.75) is 51.6 Å². The van der Waals surface area contributed by atoms with Gasteiger partial charge in [0.05, 0.1) is 7.11 Å². The summed E-state index contributed by atoms with van der Waals surface area (Å²) in [6, 6.07) is 5.65. The third kappa shape index (κ3) is 3.69. The highest BCUT2D eigenvalue weighted by molar-refractivity contribution is 5.30. The van der Waals surface area contributed by atoms with E-state index < -0.39 is 0 Å². The Morgan fingerprint density at radius 2 is 2.16 bits per heavy atom. The van der Waals surface area contributed by atoms with Crippen LogP contribution in [-0.4, -0.2) is 13.2 Å². The van der Waals surface area contributed by atoms with Crippen LogP contribution in [0.3, 0.4) is 0 Å². The summed E-state index contributed by atoms with van der Waals surface area (Å²) in [4.78, 5) is 0. The fraction of sp³-hybridized carbons (Fsp3) is 0.625. The molecule has 3 unspecified atom stereocenters. The van der Waals surface area contributed by atoms with Crippen LogP contribution >= 0.6 is 0 Å². The zero-order valence-electron chi connectivity index (χ0n) is 12.1. The second-order valence-electron chi connectivity index (χ2n) is 5.74. The molecule has 1 saturated carbocycles. The standard InChI is InChI=1S/C16H24FNO/c1-11-5-4-6-13(9-11)18-12(2)15-8-7-14(19-3)10-16(15)17/h7-8,10-13,18H,4-6,9H2,1-3H3. The van der Waals surface area contributed by atoms with Gasteiger partial charge in [-0.3, -0.25) is 0 Å². The molecule has 1 aliphatic rings. The Kier molecular flexibility index (Phi) is 4.81. The minimum absolute atomic E-state index is 0.0428. The van der Waals surface area contributed by atoms with Gasteiger partial charge < -0.3 is 10.1 Å². The highest BCUT2D eigenvalue weighted by Crippen LogP contribution is 2.27. The summed E-state index contributed by atoms with van der Waals surface area (Å²) >= 11 is 0. The molecule has 0 spiro atoms. The lowest BCUT2D eigenvalue weighted by Gasteiger charge is -2.30. The zero-order valence-corrected chi connectivity index (χ0v) is 12.1. The maximum Gasteiger partial charge on any atom is 0.131 e. The monoisotopic (exact) mass is 265 g/mol. The molecule has 2 rings (SSSR count). The third-order valence-electron chi connectivity index (χ3n) is 4.10. The average molecular weight is 265 g/mol. The van der Waals surface area contributed by atoms with Crippen molar-refractivity contribution >= 4 is 0 Å². The second kappa shape index (κ2) is 6.38. The number of ether oxygens (including phenoxy) is 1. The normalized spacial score (nSPS) is 25.1. The minimum Gasteiger partial charge on any atom is -0.497 e. The van der Waals surface area contributed by atoms with Crippen molar-refractivity contribution in [3.63, 3.8) is 0 Å². The first kappa shape index (κ1) is 14.3. The Hall–Kier alpha value is -1.09. The van der Waals surface area contributed by atoms with E-state index in [9.17, 15) is 4.39 Å². The third-order valence-corrected chi connectivity index (χ3v) is 4.10. The lowest BCUT2D eigenvalue weighted by molar-refractivity contribution is 0.283. The van der Waals surface area contributed by atoms with Gasteiger partial charge in [0, 0.05) is 23.7 Å². The van der Waals surface area contributed by atoms with Crippen LogP contribution < -0.4 is 10.1 Å². The van der Waals surface area contributed by atoms with E-state index in [4.69, 9.17) is 4.74 Å². The summed E-state index contributed by atoms with van der Waals surface area (Å²) in [6.45, 7) is 4.33. The van der Waals surface area contributed by atoms with Crippen molar-refractivity contribution in [3.05, 3.63) is 29.6 Å². The van der Waals surface area contributed by atoms with E-state index in [-0.39, 0.29) is 11.9 Å². The molecule has 106 valence electrons. The van der Waals surface area contributed by atoms with E-state index in [0.717, 1.165) is 11.5 Å². The first-order chi connectivity index (χ1) is 9.10. The summed E-state index contributed by atoms with van der Waals surface area (Å²) < 4.78 is 19.0. The number of benzene rings is 1. The second-order valence-corrected chi connectivity index (χ2v) is 5.74. The van der Waals surface area contributed by atoms with Crippen LogP contribution in [0.15, 0.2) is 18.2 Å². The molecule has 3 atom stereocenters. The molecule has 1 aliphatic carbocycles. The molecule has 1 aromatic carbocycles. The van der Waals surface area contributed by atoms with Crippen LogP contribution in [0, 0.1) is 11.7 Å². The van der Waals surface area contributed by atoms with Gasteiger partial charge in [-0.2, -0.15) is 0 Å². The SMILES string of the molecule is COc1ccc(C(C)NC2CCCC(C)C2)c(F)c1. The summed E-state index contributed by atoms with van der Waals surface area (Å²) in [7, 11) is 1.56. The number of methoxy groups -OCH3 is 1.